The van der Waals surface area contributed by atoms with Crippen molar-refractivity contribution in [3.05, 3.63) is 65.3 Å². The van der Waals surface area contributed by atoms with Gasteiger partial charge in [0.25, 0.3) is 0 Å². The van der Waals surface area contributed by atoms with Gasteiger partial charge in [0.1, 0.15) is 0 Å². The van der Waals surface area contributed by atoms with E-state index in [-0.39, 0.29) is 11.8 Å². The molecule has 196 valence electrons. The maximum atomic E-state index is 13.2. The molecule has 0 atom stereocenters. The molecule has 2 aromatic carbocycles. The van der Waals surface area contributed by atoms with Crippen molar-refractivity contribution in [2.75, 3.05) is 42.9 Å². The van der Waals surface area contributed by atoms with Gasteiger partial charge in [-0.1, -0.05) is 11.6 Å². The Labute approximate surface area is 219 Å². The van der Waals surface area contributed by atoms with Crippen LogP contribution in [0, 0.1) is 11.8 Å². The van der Waals surface area contributed by atoms with Crippen LogP contribution in [0.4, 0.5) is 24.5 Å². The fraction of sp³-hybridized carbons (Fsp3) is 0.429. The summed E-state index contributed by atoms with van der Waals surface area (Å²) in [6.45, 7) is 3.72. The lowest BCUT2D eigenvalue weighted by molar-refractivity contribution is -0.138. The van der Waals surface area contributed by atoms with Crippen molar-refractivity contribution in [3.8, 4) is 0 Å². The summed E-state index contributed by atoms with van der Waals surface area (Å²) >= 11 is 5.99. The van der Waals surface area contributed by atoms with Gasteiger partial charge < -0.3 is 15.1 Å². The first-order valence-electron chi connectivity index (χ1n) is 12.8. The number of piperazine rings is 1. The molecule has 1 aliphatic carbocycles. The van der Waals surface area contributed by atoms with Crippen molar-refractivity contribution < 1.29 is 18.0 Å². The van der Waals surface area contributed by atoms with E-state index in [4.69, 9.17) is 11.6 Å². The zero-order chi connectivity index (χ0) is 26.0. The van der Waals surface area contributed by atoms with Crippen LogP contribution >= 0.6 is 11.6 Å². The number of carbonyl (C=O) groups excluding carboxylic acids is 1. The highest BCUT2D eigenvalue weighted by atomic mass is 35.5. The predicted molar refractivity (Wildman–Crippen MR) is 141 cm³/mol. The standard InChI is InChI=1S/C28H30ClF3N4O/c29-22-6-8-23(9-7-22)35-13-15-36(16-14-35)27(37)20-3-1-19(2-4-20)18-34-26-11-12-33-25-10-5-21(17-24(25)26)28(30,31)32/h5-12,17,19-20H,1-4,13-16,18H2,(H,33,34)/t19-,20-. The van der Waals surface area contributed by atoms with Gasteiger partial charge in [0.2, 0.25) is 5.91 Å². The summed E-state index contributed by atoms with van der Waals surface area (Å²) in [4.78, 5) is 21.6. The first-order valence-corrected chi connectivity index (χ1v) is 13.1. The summed E-state index contributed by atoms with van der Waals surface area (Å²) in [7, 11) is 0. The third-order valence-electron chi connectivity index (χ3n) is 7.63. The summed E-state index contributed by atoms with van der Waals surface area (Å²) in [5.74, 6) is 0.677. The fourth-order valence-corrected chi connectivity index (χ4v) is 5.57. The topological polar surface area (TPSA) is 48.5 Å². The lowest BCUT2D eigenvalue weighted by Gasteiger charge is -2.39. The fourth-order valence-electron chi connectivity index (χ4n) is 5.44. The zero-order valence-corrected chi connectivity index (χ0v) is 21.2. The molecule has 1 N–H and O–H groups in total. The van der Waals surface area contributed by atoms with Crippen LogP contribution in [0.3, 0.4) is 0 Å². The van der Waals surface area contributed by atoms with Crippen LogP contribution in [-0.2, 0) is 11.0 Å². The number of fused-ring (bicyclic) bond motifs is 1. The first-order chi connectivity index (χ1) is 17.8. The molecule has 5 rings (SSSR count). The molecule has 2 aliphatic rings. The second kappa shape index (κ2) is 10.8. The van der Waals surface area contributed by atoms with Gasteiger partial charge in [0.05, 0.1) is 11.1 Å². The van der Waals surface area contributed by atoms with Gasteiger partial charge >= 0.3 is 6.18 Å². The molecule has 3 aromatic rings. The van der Waals surface area contributed by atoms with Crippen molar-refractivity contribution in [2.24, 2.45) is 11.8 Å². The Balaban J connectivity index is 1.11. The van der Waals surface area contributed by atoms with Crippen molar-refractivity contribution >= 4 is 39.8 Å². The molecule has 5 nitrogen and oxygen atoms in total. The molecule has 1 amide bonds. The smallest absolute Gasteiger partial charge is 0.384 e. The zero-order valence-electron chi connectivity index (χ0n) is 20.5. The number of hydrogen-bond acceptors (Lipinski definition) is 4. The number of nitrogens with one attached hydrogen (secondary N) is 1. The Morgan fingerprint density at radius 1 is 0.973 bits per heavy atom. The maximum Gasteiger partial charge on any atom is 0.416 e. The van der Waals surface area contributed by atoms with Crippen LogP contribution in [0.2, 0.25) is 5.02 Å². The van der Waals surface area contributed by atoms with Gasteiger partial charge in [-0.05, 0) is 80.1 Å². The van der Waals surface area contributed by atoms with Crippen molar-refractivity contribution in [1.82, 2.24) is 9.88 Å². The SMILES string of the molecule is O=C([C@H]1CC[C@H](CNc2ccnc3ccc(C(F)(F)F)cc23)CC1)N1CCN(c2ccc(Cl)cc2)CC1. The monoisotopic (exact) mass is 530 g/mol. The number of nitrogens with zero attached hydrogens (tertiary/aromatic N) is 3. The average molecular weight is 531 g/mol. The highest BCUT2D eigenvalue weighted by molar-refractivity contribution is 6.30. The number of carbonyl (C=O) groups is 1. The minimum atomic E-state index is -4.39. The highest BCUT2D eigenvalue weighted by Gasteiger charge is 2.32. The Bertz CT molecular complexity index is 1230. The van der Waals surface area contributed by atoms with E-state index in [0.717, 1.165) is 69.7 Å². The quantitative estimate of drug-likeness (QED) is 0.410. The Kier molecular flexibility index (Phi) is 7.47. The largest absolute Gasteiger partial charge is 0.416 e. The molecule has 1 saturated heterocycles. The second-order valence-electron chi connectivity index (χ2n) is 9.98. The predicted octanol–water partition coefficient (Wildman–Crippen LogP) is 6.47. The van der Waals surface area contributed by atoms with E-state index >= 15 is 0 Å². The molecule has 2 fully saturated rings. The van der Waals surface area contributed by atoms with Gasteiger partial charge in [0.15, 0.2) is 0 Å². The van der Waals surface area contributed by atoms with Crippen LogP contribution in [0.1, 0.15) is 31.2 Å². The third-order valence-corrected chi connectivity index (χ3v) is 7.88. The minimum Gasteiger partial charge on any atom is -0.384 e. The van der Waals surface area contributed by atoms with Gasteiger partial charge in [0, 0.05) is 66.6 Å². The van der Waals surface area contributed by atoms with E-state index in [9.17, 15) is 18.0 Å². The van der Waals surface area contributed by atoms with Gasteiger partial charge in [-0.3, -0.25) is 9.78 Å². The van der Waals surface area contributed by atoms with Crippen LogP contribution in [0.25, 0.3) is 10.9 Å². The number of alkyl halides is 3. The summed E-state index contributed by atoms with van der Waals surface area (Å²) in [5, 5.41) is 4.54. The molecule has 2 heterocycles. The minimum absolute atomic E-state index is 0.0504. The number of anilines is 2. The molecule has 1 aliphatic heterocycles. The van der Waals surface area contributed by atoms with Crippen LogP contribution in [0.15, 0.2) is 54.7 Å². The van der Waals surface area contributed by atoms with E-state index in [1.807, 2.05) is 29.2 Å². The maximum absolute atomic E-state index is 13.2. The Morgan fingerprint density at radius 3 is 2.35 bits per heavy atom. The second-order valence-corrected chi connectivity index (χ2v) is 10.4. The summed E-state index contributed by atoms with van der Waals surface area (Å²) in [5.41, 5.74) is 1.64. The van der Waals surface area contributed by atoms with Crippen LogP contribution in [0.5, 0.6) is 0 Å². The van der Waals surface area contributed by atoms with Crippen molar-refractivity contribution in [1.29, 1.82) is 0 Å². The normalized spacial score (nSPS) is 20.8. The number of halogens is 4. The molecule has 0 spiro atoms. The molecule has 1 saturated carbocycles. The molecule has 0 unspecified atom stereocenters. The van der Waals surface area contributed by atoms with Crippen molar-refractivity contribution in [2.45, 2.75) is 31.9 Å². The molecule has 9 heteroatoms. The van der Waals surface area contributed by atoms with E-state index in [1.54, 1.807) is 12.3 Å². The van der Waals surface area contributed by atoms with Gasteiger partial charge in [-0.25, -0.2) is 0 Å². The van der Waals surface area contributed by atoms with Crippen LogP contribution in [-0.4, -0.2) is 48.5 Å². The molecular formula is C28H30ClF3N4O. The summed E-state index contributed by atoms with van der Waals surface area (Å²) < 4.78 is 39.6. The van der Waals surface area contributed by atoms with Crippen LogP contribution < -0.4 is 10.2 Å². The summed E-state index contributed by atoms with van der Waals surface area (Å²) in [6, 6.07) is 13.2. The Morgan fingerprint density at radius 2 is 1.68 bits per heavy atom. The molecule has 1 aromatic heterocycles. The number of benzene rings is 2. The lowest BCUT2D eigenvalue weighted by Crippen LogP contribution is -2.50. The van der Waals surface area contributed by atoms with Gasteiger partial charge in [-0.15, -0.1) is 0 Å². The summed E-state index contributed by atoms with van der Waals surface area (Å²) in [6.07, 6.45) is 0.751. The molecule has 0 radical (unpaired) electrons. The number of amides is 1. The number of aromatic nitrogens is 1. The third kappa shape index (κ3) is 5.95. The molecular weight excluding hydrogens is 501 g/mol. The average Bonchev–Trinajstić information content (AvgIpc) is 2.91. The van der Waals surface area contributed by atoms with Crippen molar-refractivity contribution in [3.63, 3.8) is 0 Å². The molecule has 37 heavy (non-hydrogen) atoms. The van der Waals surface area contributed by atoms with E-state index in [0.29, 0.717) is 34.1 Å². The first kappa shape index (κ1) is 25.6. The lowest BCUT2D eigenvalue weighted by atomic mass is 9.81. The van der Waals surface area contributed by atoms with E-state index < -0.39 is 11.7 Å². The van der Waals surface area contributed by atoms with E-state index in [2.05, 4.69) is 15.2 Å². The van der Waals surface area contributed by atoms with E-state index in [1.165, 1.54) is 6.07 Å². The molecule has 0 bridgehead atoms. The number of hydrogen-bond donors (Lipinski definition) is 1. The number of pyridine rings is 1. The van der Waals surface area contributed by atoms with Gasteiger partial charge in [-0.2, -0.15) is 13.2 Å². The number of rotatable bonds is 5. The highest BCUT2D eigenvalue weighted by Crippen LogP contribution is 2.34. The Hall–Kier alpha value is -3.00.